The van der Waals surface area contributed by atoms with Crippen molar-refractivity contribution in [1.82, 2.24) is 10.2 Å². The number of halogens is 2. The highest BCUT2D eigenvalue weighted by Gasteiger charge is 2.66. The molecule has 4 rings (SSSR count). The number of esters is 1. The zero-order chi connectivity index (χ0) is 23.4. The Morgan fingerprint density at radius 2 is 1.78 bits per heavy atom. The van der Waals surface area contributed by atoms with E-state index in [-0.39, 0.29) is 5.91 Å². The van der Waals surface area contributed by atoms with Crippen LogP contribution in [0.1, 0.15) is 18.5 Å². The molecular weight excluding hydrogens is 455 g/mol. The van der Waals surface area contributed by atoms with Crippen LogP contribution in [0.25, 0.3) is 11.1 Å². The number of hydrogen-bond donors (Lipinski definition) is 1. The molecule has 3 unspecified atom stereocenters. The van der Waals surface area contributed by atoms with Crippen molar-refractivity contribution < 1.29 is 23.9 Å². The lowest BCUT2D eigenvalue weighted by molar-refractivity contribution is -0.152. The van der Waals surface area contributed by atoms with E-state index in [4.69, 9.17) is 32.7 Å². The lowest BCUT2D eigenvalue weighted by Gasteiger charge is -2.28. The van der Waals surface area contributed by atoms with Gasteiger partial charge in [-0.2, -0.15) is 0 Å². The Kier molecular flexibility index (Phi) is 5.69. The number of fused-ring (bicyclic) bond motifs is 1. The average molecular weight is 477 g/mol. The van der Waals surface area contributed by atoms with Gasteiger partial charge in [-0.3, -0.25) is 24.6 Å². The Hall–Kier alpha value is -2.61. The number of amides is 2. The summed E-state index contributed by atoms with van der Waals surface area (Å²) < 4.78 is 10.6. The van der Waals surface area contributed by atoms with Crippen LogP contribution in [0.5, 0.6) is 5.75 Å². The van der Waals surface area contributed by atoms with E-state index in [1.54, 1.807) is 32.2 Å². The van der Waals surface area contributed by atoms with Crippen molar-refractivity contribution in [3.05, 3.63) is 52.0 Å². The number of ether oxygens (including phenoxy) is 2. The van der Waals surface area contributed by atoms with E-state index in [1.165, 1.54) is 14.2 Å². The largest absolute Gasteiger partial charge is 0.496 e. The van der Waals surface area contributed by atoms with Gasteiger partial charge in [0.05, 0.1) is 36.1 Å². The molecule has 0 saturated carbocycles. The molecule has 2 fully saturated rings. The van der Waals surface area contributed by atoms with Crippen molar-refractivity contribution in [2.24, 2.45) is 11.8 Å². The molecule has 2 heterocycles. The summed E-state index contributed by atoms with van der Waals surface area (Å²) in [5, 5.41) is 4.07. The predicted octanol–water partition coefficient (Wildman–Crippen LogP) is 3.48. The molecule has 4 atom stereocenters. The number of carbonyl (C=O) groups is 3. The zero-order valence-corrected chi connectivity index (χ0v) is 19.5. The minimum Gasteiger partial charge on any atom is -0.496 e. The fourth-order valence-electron chi connectivity index (χ4n) is 4.77. The summed E-state index contributed by atoms with van der Waals surface area (Å²) in [6, 6.07) is 10.2. The third-order valence-electron chi connectivity index (χ3n) is 6.43. The maximum Gasteiger partial charge on any atom is 0.326 e. The fraction of sp³-hybridized carbons (Fsp3) is 0.348. The van der Waals surface area contributed by atoms with Crippen LogP contribution < -0.4 is 10.1 Å². The lowest BCUT2D eigenvalue weighted by Crippen LogP contribution is -2.53. The van der Waals surface area contributed by atoms with Crippen LogP contribution in [0.4, 0.5) is 0 Å². The summed E-state index contributed by atoms with van der Waals surface area (Å²) in [7, 11) is 4.24. The molecule has 1 N–H and O–H groups in total. The molecule has 168 valence electrons. The zero-order valence-electron chi connectivity index (χ0n) is 17.9. The van der Waals surface area contributed by atoms with Crippen LogP contribution in [0.15, 0.2) is 36.4 Å². The van der Waals surface area contributed by atoms with Crippen molar-refractivity contribution in [1.29, 1.82) is 0 Å². The summed E-state index contributed by atoms with van der Waals surface area (Å²) in [6.07, 6.45) is 0. The van der Waals surface area contributed by atoms with E-state index in [9.17, 15) is 14.4 Å². The Labute approximate surface area is 195 Å². The Bertz CT molecular complexity index is 1140. The number of nitrogens with one attached hydrogen (secondary N) is 1. The molecule has 0 bridgehead atoms. The average Bonchev–Trinajstić information content (AvgIpc) is 3.23. The van der Waals surface area contributed by atoms with Crippen LogP contribution in [0.2, 0.25) is 10.0 Å². The van der Waals surface area contributed by atoms with Gasteiger partial charge in [0.15, 0.2) is 0 Å². The van der Waals surface area contributed by atoms with Crippen molar-refractivity contribution in [3.8, 4) is 16.9 Å². The van der Waals surface area contributed by atoms with Gasteiger partial charge in [-0.15, -0.1) is 0 Å². The van der Waals surface area contributed by atoms with E-state index >= 15 is 0 Å². The summed E-state index contributed by atoms with van der Waals surface area (Å²) in [5.74, 6) is -2.38. The molecule has 0 spiro atoms. The molecule has 0 aromatic heterocycles. The minimum absolute atomic E-state index is 0.336. The molecule has 2 aliphatic heterocycles. The molecule has 0 aliphatic carbocycles. The summed E-state index contributed by atoms with van der Waals surface area (Å²) in [4.78, 5) is 39.5. The van der Waals surface area contributed by atoms with E-state index < -0.39 is 35.3 Å². The molecule has 0 radical (unpaired) electrons. The van der Waals surface area contributed by atoms with Crippen LogP contribution in [0, 0.1) is 11.8 Å². The summed E-state index contributed by atoms with van der Waals surface area (Å²) in [6.45, 7) is 1.60. The van der Waals surface area contributed by atoms with Gasteiger partial charge in [-0.1, -0.05) is 41.4 Å². The second kappa shape index (κ2) is 8.06. The lowest BCUT2D eigenvalue weighted by atomic mass is 9.80. The summed E-state index contributed by atoms with van der Waals surface area (Å²) >= 11 is 12.2. The second-order valence-electron chi connectivity index (χ2n) is 8.14. The van der Waals surface area contributed by atoms with Gasteiger partial charge in [0.2, 0.25) is 11.8 Å². The fourth-order valence-corrected chi connectivity index (χ4v) is 5.07. The van der Waals surface area contributed by atoms with Gasteiger partial charge in [-0.05, 0) is 36.2 Å². The third-order valence-corrected chi connectivity index (χ3v) is 7.17. The number of carbonyl (C=O) groups excluding carboxylic acids is 3. The first-order chi connectivity index (χ1) is 15.1. The number of methoxy groups -OCH3 is 2. The number of benzene rings is 2. The first kappa shape index (κ1) is 22.6. The van der Waals surface area contributed by atoms with Gasteiger partial charge >= 0.3 is 5.97 Å². The molecule has 2 saturated heterocycles. The minimum atomic E-state index is -1.34. The highest BCUT2D eigenvalue weighted by atomic mass is 35.5. The number of nitrogens with zero attached hydrogens (tertiary/aromatic N) is 1. The maximum atomic E-state index is 12.9. The van der Waals surface area contributed by atoms with Crippen molar-refractivity contribution in [2.45, 2.75) is 18.5 Å². The molecule has 2 aromatic rings. The van der Waals surface area contributed by atoms with Gasteiger partial charge in [0.1, 0.15) is 11.3 Å². The van der Waals surface area contributed by atoms with E-state index in [2.05, 4.69) is 5.32 Å². The smallest absolute Gasteiger partial charge is 0.326 e. The van der Waals surface area contributed by atoms with Gasteiger partial charge in [-0.25, -0.2) is 0 Å². The highest BCUT2D eigenvalue weighted by Crippen LogP contribution is 2.49. The van der Waals surface area contributed by atoms with Crippen molar-refractivity contribution in [2.75, 3.05) is 21.3 Å². The highest BCUT2D eigenvalue weighted by molar-refractivity contribution is 6.42. The standard InChI is InChI=1S/C23H22Cl2N2O5/c1-23(22(30)32-4)18-17(20(28)27(2)21(18)29)19(26-23)12-5-7-13(16(10-12)31-3)11-6-8-14(24)15(25)9-11/h5-10,17-19,26H,1-4H3/t17?,18?,19?,23-/m1/s1. The third kappa shape index (κ3) is 3.27. The molecule has 2 amide bonds. The van der Waals surface area contributed by atoms with Crippen LogP contribution in [-0.2, 0) is 19.1 Å². The van der Waals surface area contributed by atoms with Crippen molar-refractivity contribution in [3.63, 3.8) is 0 Å². The first-order valence-electron chi connectivity index (χ1n) is 9.95. The quantitative estimate of drug-likeness (QED) is 0.537. The SMILES string of the molecule is COC(=O)[C@]1(C)NC(c2ccc(-c3ccc(Cl)c(Cl)c3)c(OC)c2)C2C(=O)N(C)C(=O)C21. The molecule has 2 aromatic carbocycles. The van der Waals surface area contributed by atoms with Crippen LogP contribution >= 0.6 is 23.2 Å². The maximum absolute atomic E-state index is 12.9. The Balaban J connectivity index is 1.79. The van der Waals surface area contributed by atoms with Gasteiger partial charge in [0.25, 0.3) is 0 Å². The first-order valence-corrected chi connectivity index (χ1v) is 10.7. The van der Waals surface area contributed by atoms with Gasteiger partial charge in [0, 0.05) is 18.7 Å². The number of likely N-dealkylation sites (tertiary alicyclic amines) is 1. The number of imide groups is 1. The molecule has 7 nitrogen and oxygen atoms in total. The molecular formula is C23H22Cl2N2O5. The molecule has 32 heavy (non-hydrogen) atoms. The van der Waals surface area contributed by atoms with Crippen LogP contribution in [0.3, 0.4) is 0 Å². The number of hydrogen-bond acceptors (Lipinski definition) is 6. The Morgan fingerprint density at radius 3 is 2.41 bits per heavy atom. The molecule has 2 aliphatic rings. The Morgan fingerprint density at radius 1 is 1.06 bits per heavy atom. The predicted molar refractivity (Wildman–Crippen MR) is 120 cm³/mol. The summed E-state index contributed by atoms with van der Waals surface area (Å²) in [5.41, 5.74) is 0.971. The second-order valence-corrected chi connectivity index (χ2v) is 8.96. The van der Waals surface area contributed by atoms with E-state index in [0.717, 1.165) is 16.0 Å². The van der Waals surface area contributed by atoms with E-state index in [1.807, 2.05) is 18.2 Å². The monoisotopic (exact) mass is 476 g/mol. The molecule has 9 heteroatoms. The van der Waals surface area contributed by atoms with Gasteiger partial charge < -0.3 is 9.47 Å². The number of rotatable bonds is 4. The van der Waals surface area contributed by atoms with Crippen molar-refractivity contribution >= 4 is 41.0 Å². The van der Waals surface area contributed by atoms with Crippen LogP contribution in [-0.4, -0.2) is 49.5 Å². The topological polar surface area (TPSA) is 84.9 Å². The van der Waals surface area contributed by atoms with E-state index in [0.29, 0.717) is 21.4 Å². The normalized spacial score (nSPS) is 26.9.